The number of carbonyl (C=O) groups is 1. The summed E-state index contributed by atoms with van der Waals surface area (Å²) in [4.78, 5) is 12.9. The van der Waals surface area contributed by atoms with Crippen LogP contribution in [-0.2, 0) is 20.6 Å². The number of hydrogen-bond acceptors (Lipinski definition) is 5. The summed E-state index contributed by atoms with van der Waals surface area (Å²) in [6.45, 7) is 9.51. The molecule has 1 saturated heterocycles. The first kappa shape index (κ1) is 26.0. The fourth-order valence-electron chi connectivity index (χ4n) is 4.25. The van der Waals surface area contributed by atoms with Crippen molar-refractivity contribution in [1.29, 1.82) is 0 Å². The second kappa shape index (κ2) is 11.7. The van der Waals surface area contributed by atoms with Crippen LogP contribution in [0.4, 0.5) is 0 Å². The third-order valence-electron chi connectivity index (χ3n) is 6.08. The van der Waals surface area contributed by atoms with Gasteiger partial charge in [-0.1, -0.05) is 35.9 Å². The lowest BCUT2D eigenvalue weighted by atomic mass is 9.96. The molecule has 1 N–H and O–H groups in total. The predicted octanol–water partition coefficient (Wildman–Crippen LogP) is 4.21. The van der Waals surface area contributed by atoms with Gasteiger partial charge in [0.25, 0.3) is 0 Å². The first-order valence-corrected chi connectivity index (χ1v) is 13.6. The lowest BCUT2D eigenvalue weighted by molar-refractivity contribution is -0.126. The van der Waals surface area contributed by atoms with Crippen molar-refractivity contribution in [2.75, 3.05) is 26.3 Å². The van der Waals surface area contributed by atoms with Gasteiger partial charge in [0.15, 0.2) is 11.5 Å². The zero-order chi connectivity index (χ0) is 24.7. The number of sulfonamides is 1. The lowest BCUT2D eigenvalue weighted by Crippen LogP contribution is -2.43. The van der Waals surface area contributed by atoms with Gasteiger partial charge in [-0.05, 0) is 63.8 Å². The fourth-order valence-corrected chi connectivity index (χ4v) is 5.80. The third-order valence-corrected chi connectivity index (χ3v) is 7.93. The van der Waals surface area contributed by atoms with Gasteiger partial charge in [-0.25, -0.2) is 12.7 Å². The van der Waals surface area contributed by atoms with E-state index in [-0.39, 0.29) is 23.6 Å². The van der Waals surface area contributed by atoms with Crippen molar-refractivity contribution in [1.82, 2.24) is 9.62 Å². The van der Waals surface area contributed by atoms with Gasteiger partial charge in [-0.3, -0.25) is 4.79 Å². The molecule has 0 bridgehead atoms. The zero-order valence-electron chi connectivity index (χ0n) is 20.5. The molecule has 0 aromatic heterocycles. The molecule has 0 saturated carbocycles. The highest BCUT2D eigenvalue weighted by atomic mass is 32.2. The Morgan fingerprint density at radius 2 is 1.74 bits per heavy atom. The Bertz CT molecular complexity index is 1080. The number of aryl methyl sites for hydroxylation is 1. The molecule has 8 heteroatoms. The van der Waals surface area contributed by atoms with Crippen LogP contribution in [0.15, 0.2) is 42.5 Å². The van der Waals surface area contributed by atoms with Crippen LogP contribution in [0, 0.1) is 12.8 Å². The van der Waals surface area contributed by atoms with Gasteiger partial charge in [0.2, 0.25) is 15.9 Å². The van der Waals surface area contributed by atoms with E-state index in [1.165, 1.54) is 4.31 Å². The van der Waals surface area contributed by atoms with E-state index in [0.29, 0.717) is 50.6 Å². The van der Waals surface area contributed by atoms with E-state index in [4.69, 9.17) is 9.47 Å². The number of carbonyl (C=O) groups excluding carboxylic acids is 1. The van der Waals surface area contributed by atoms with E-state index in [1.54, 1.807) is 0 Å². The topological polar surface area (TPSA) is 84.9 Å². The second-order valence-electron chi connectivity index (χ2n) is 8.72. The largest absolute Gasteiger partial charge is 0.490 e. The molecule has 1 atom stereocenters. The maximum atomic E-state index is 12.9. The molecule has 1 aliphatic heterocycles. The number of hydrogen-bond donors (Lipinski definition) is 1. The molecular weight excluding hydrogens is 452 g/mol. The van der Waals surface area contributed by atoms with Crippen molar-refractivity contribution < 1.29 is 22.7 Å². The Hall–Kier alpha value is -2.58. The molecule has 0 spiro atoms. The van der Waals surface area contributed by atoms with Gasteiger partial charge in [-0.2, -0.15) is 0 Å². The SMILES string of the molecule is CCOc1ccc([C@@H](C)NC(=O)C2CCN(S(=O)(=O)Cc3cccc(C)c3)CC2)cc1OCC. The minimum atomic E-state index is -3.41. The van der Waals surface area contributed by atoms with E-state index in [1.807, 2.05) is 70.2 Å². The Morgan fingerprint density at radius 1 is 1.06 bits per heavy atom. The van der Waals surface area contributed by atoms with Crippen LogP contribution in [0.2, 0.25) is 0 Å². The molecule has 186 valence electrons. The number of nitrogens with one attached hydrogen (secondary N) is 1. The van der Waals surface area contributed by atoms with Crippen molar-refractivity contribution in [3.8, 4) is 11.5 Å². The van der Waals surface area contributed by atoms with E-state index in [2.05, 4.69) is 5.32 Å². The second-order valence-corrected chi connectivity index (χ2v) is 10.7. The highest BCUT2D eigenvalue weighted by molar-refractivity contribution is 7.88. The molecule has 0 aliphatic carbocycles. The Kier molecular flexibility index (Phi) is 8.97. The molecular formula is C26H36N2O5S. The van der Waals surface area contributed by atoms with E-state index in [0.717, 1.165) is 16.7 Å². The zero-order valence-corrected chi connectivity index (χ0v) is 21.4. The first-order chi connectivity index (χ1) is 16.2. The normalized spacial score (nSPS) is 16.1. The number of amides is 1. The maximum absolute atomic E-state index is 12.9. The van der Waals surface area contributed by atoms with Gasteiger partial charge in [0.05, 0.1) is 25.0 Å². The van der Waals surface area contributed by atoms with E-state index in [9.17, 15) is 13.2 Å². The van der Waals surface area contributed by atoms with Gasteiger partial charge >= 0.3 is 0 Å². The molecule has 7 nitrogen and oxygen atoms in total. The summed E-state index contributed by atoms with van der Waals surface area (Å²) >= 11 is 0. The molecule has 3 rings (SSSR count). The average Bonchev–Trinajstić information content (AvgIpc) is 2.80. The predicted molar refractivity (Wildman–Crippen MR) is 133 cm³/mol. The summed E-state index contributed by atoms with van der Waals surface area (Å²) in [5, 5.41) is 3.08. The molecule has 1 fully saturated rings. The molecule has 34 heavy (non-hydrogen) atoms. The van der Waals surface area contributed by atoms with Crippen LogP contribution in [0.25, 0.3) is 0 Å². The molecule has 2 aromatic rings. The molecule has 0 radical (unpaired) electrons. The van der Waals surface area contributed by atoms with Crippen molar-refractivity contribution in [2.24, 2.45) is 5.92 Å². The van der Waals surface area contributed by atoms with Gasteiger partial charge < -0.3 is 14.8 Å². The van der Waals surface area contributed by atoms with Crippen LogP contribution in [0.5, 0.6) is 11.5 Å². The maximum Gasteiger partial charge on any atom is 0.223 e. The Labute approximate surface area is 203 Å². The van der Waals surface area contributed by atoms with Crippen LogP contribution in [0.3, 0.4) is 0 Å². The standard InChI is InChI=1S/C26H36N2O5S/c1-5-32-24-11-10-23(17-25(24)33-6-2)20(4)27-26(29)22-12-14-28(15-13-22)34(30,31)18-21-9-7-8-19(3)16-21/h7-11,16-17,20,22H,5-6,12-15,18H2,1-4H3,(H,27,29)/t20-/m1/s1. The molecule has 2 aromatic carbocycles. The molecule has 1 heterocycles. The van der Waals surface area contributed by atoms with E-state index >= 15 is 0 Å². The number of nitrogens with zero attached hydrogens (tertiary/aromatic N) is 1. The van der Waals surface area contributed by atoms with Gasteiger partial charge in [-0.15, -0.1) is 0 Å². The van der Waals surface area contributed by atoms with Crippen LogP contribution < -0.4 is 14.8 Å². The smallest absolute Gasteiger partial charge is 0.223 e. The minimum absolute atomic E-state index is 0.0114. The molecule has 1 amide bonds. The third kappa shape index (κ3) is 6.73. The Balaban J connectivity index is 1.56. The van der Waals surface area contributed by atoms with Gasteiger partial charge in [0, 0.05) is 19.0 Å². The number of benzene rings is 2. The van der Waals surface area contributed by atoms with Gasteiger partial charge in [0.1, 0.15) is 0 Å². The summed E-state index contributed by atoms with van der Waals surface area (Å²) in [7, 11) is -3.41. The minimum Gasteiger partial charge on any atom is -0.490 e. The summed E-state index contributed by atoms with van der Waals surface area (Å²) in [6.07, 6.45) is 1.03. The summed E-state index contributed by atoms with van der Waals surface area (Å²) in [5.41, 5.74) is 2.76. The molecule has 0 unspecified atom stereocenters. The number of piperidine rings is 1. The van der Waals surface area contributed by atoms with Crippen LogP contribution >= 0.6 is 0 Å². The number of ether oxygens (including phenoxy) is 2. The highest BCUT2D eigenvalue weighted by Gasteiger charge is 2.31. The molecule has 1 aliphatic rings. The van der Waals surface area contributed by atoms with Crippen molar-refractivity contribution in [3.05, 3.63) is 59.2 Å². The monoisotopic (exact) mass is 488 g/mol. The average molecular weight is 489 g/mol. The summed E-state index contributed by atoms with van der Waals surface area (Å²) < 4.78 is 38.6. The summed E-state index contributed by atoms with van der Waals surface area (Å²) in [6, 6.07) is 13.1. The van der Waals surface area contributed by atoms with Crippen molar-refractivity contribution in [2.45, 2.75) is 52.3 Å². The van der Waals surface area contributed by atoms with E-state index < -0.39 is 10.0 Å². The lowest BCUT2D eigenvalue weighted by Gasteiger charge is -2.31. The van der Waals surface area contributed by atoms with Crippen LogP contribution in [-0.4, -0.2) is 44.9 Å². The number of rotatable bonds is 10. The van der Waals surface area contributed by atoms with Crippen LogP contribution in [0.1, 0.15) is 56.3 Å². The summed E-state index contributed by atoms with van der Waals surface area (Å²) in [5.74, 6) is 1.08. The highest BCUT2D eigenvalue weighted by Crippen LogP contribution is 2.31. The fraction of sp³-hybridized carbons (Fsp3) is 0.500. The van der Waals surface area contributed by atoms with Crippen molar-refractivity contribution >= 4 is 15.9 Å². The van der Waals surface area contributed by atoms with Crippen molar-refractivity contribution in [3.63, 3.8) is 0 Å². The quantitative estimate of drug-likeness (QED) is 0.542. The Morgan fingerprint density at radius 3 is 2.38 bits per heavy atom. The first-order valence-electron chi connectivity index (χ1n) is 12.0.